The van der Waals surface area contributed by atoms with Crippen LogP contribution in [0.15, 0.2) is 71.6 Å². The van der Waals surface area contributed by atoms with E-state index in [0.717, 1.165) is 5.56 Å². The summed E-state index contributed by atoms with van der Waals surface area (Å²) >= 11 is 24.6. The summed E-state index contributed by atoms with van der Waals surface area (Å²) in [4.78, 5) is 27.0. The number of benzene rings is 3. The lowest BCUT2D eigenvalue weighted by Gasteiger charge is -2.15. The van der Waals surface area contributed by atoms with Crippen molar-refractivity contribution in [1.29, 1.82) is 0 Å². The summed E-state index contributed by atoms with van der Waals surface area (Å²) in [5.41, 5.74) is 1.85. The van der Waals surface area contributed by atoms with Gasteiger partial charge in [-0.1, -0.05) is 77.0 Å². The zero-order chi connectivity index (χ0) is 24.2. The number of carbonyl (C=O) groups is 2. The molecule has 0 aromatic heterocycles. The first-order chi connectivity index (χ1) is 16.3. The fourth-order valence-corrected chi connectivity index (χ4v) is 4.85. The third-order valence-electron chi connectivity index (χ3n) is 4.59. The second-order valence-electron chi connectivity index (χ2n) is 7.04. The van der Waals surface area contributed by atoms with Gasteiger partial charge in [-0.15, -0.1) is 0 Å². The fraction of sp³-hybridized carbons (Fsp3) is 0.0417. The maximum absolute atomic E-state index is 13.0. The van der Waals surface area contributed by atoms with Crippen LogP contribution in [0.4, 0.5) is 11.4 Å². The minimum Gasteiger partial charge on any atom is -0.484 e. The normalized spacial score (nSPS) is 14.6. The average Bonchev–Trinajstić information content (AvgIpc) is 3.07. The van der Waals surface area contributed by atoms with E-state index < -0.39 is 0 Å². The van der Waals surface area contributed by atoms with Crippen molar-refractivity contribution >= 4 is 92.4 Å². The summed E-state index contributed by atoms with van der Waals surface area (Å²) in [5.74, 6) is -0.106. The van der Waals surface area contributed by atoms with Crippen LogP contribution in [0.3, 0.4) is 0 Å². The summed E-state index contributed by atoms with van der Waals surface area (Å²) in [7, 11) is 0. The van der Waals surface area contributed by atoms with Crippen molar-refractivity contribution in [3.63, 3.8) is 0 Å². The quantitative estimate of drug-likeness (QED) is 0.263. The Kier molecular flexibility index (Phi) is 7.80. The second kappa shape index (κ2) is 10.8. The number of halogens is 3. The minimum absolute atomic E-state index is 0.185. The lowest BCUT2D eigenvalue weighted by molar-refractivity contribution is -0.118. The zero-order valence-corrected chi connectivity index (χ0v) is 21.2. The van der Waals surface area contributed by atoms with E-state index in [1.807, 2.05) is 6.07 Å². The van der Waals surface area contributed by atoms with Gasteiger partial charge in [0.1, 0.15) is 5.75 Å². The number of carbonyl (C=O) groups excluding carboxylic acids is 2. The number of hydrogen-bond donors (Lipinski definition) is 1. The number of thioether (sulfide) groups is 1. The molecule has 0 saturated carbocycles. The van der Waals surface area contributed by atoms with Crippen LogP contribution in [-0.2, 0) is 9.59 Å². The number of anilines is 2. The lowest BCUT2D eigenvalue weighted by Crippen LogP contribution is -2.27. The van der Waals surface area contributed by atoms with E-state index in [2.05, 4.69) is 5.32 Å². The first-order valence-corrected chi connectivity index (χ1v) is 12.2. The molecule has 5 nitrogen and oxygen atoms in total. The molecule has 1 N–H and O–H groups in total. The highest BCUT2D eigenvalue weighted by Gasteiger charge is 2.33. The van der Waals surface area contributed by atoms with Gasteiger partial charge in [0.05, 0.1) is 20.6 Å². The maximum atomic E-state index is 13.0. The van der Waals surface area contributed by atoms with Gasteiger partial charge in [-0.05, 0) is 60.2 Å². The Morgan fingerprint density at radius 2 is 1.82 bits per heavy atom. The Hall–Kier alpha value is -2.55. The van der Waals surface area contributed by atoms with Gasteiger partial charge in [0.15, 0.2) is 10.9 Å². The molecule has 1 aliphatic heterocycles. The Bertz CT molecular complexity index is 1330. The molecule has 1 saturated heterocycles. The molecule has 2 amide bonds. The Morgan fingerprint density at radius 1 is 1.03 bits per heavy atom. The third-order valence-corrected chi connectivity index (χ3v) is 6.87. The van der Waals surface area contributed by atoms with E-state index in [1.165, 1.54) is 16.7 Å². The highest BCUT2D eigenvalue weighted by molar-refractivity contribution is 8.27. The molecule has 1 heterocycles. The molecule has 1 aliphatic rings. The van der Waals surface area contributed by atoms with Gasteiger partial charge in [0, 0.05) is 10.7 Å². The molecule has 172 valence electrons. The van der Waals surface area contributed by atoms with Crippen LogP contribution in [-0.4, -0.2) is 22.7 Å². The molecular formula is C24H15Cl3N2O3S2. The van der Waals surface area contributed by atoms with E-state index in [0.29, 0.717) is 41.4 Å². The molecule has 0 radical (unpaired) electrons. The summed E-state index contributed by atoms with van der Waals surface area (Å²) in [6.07, 6.45) is 1.72. The SMILES string of the molecule is O=C(COc1cccc(/C=C2\SC(=S)N(c3ccc(Cl)c(Cl)c3)C2=O)c1)Nc1cccc(Cl)c1. The second-order valence-corrected chi connectivity index (χ2v) is 9.96. The van der Waals surface area contributed by atoms with Crippen LogP contribution >= 0.6 is 58.8 Å². The van der Waals surface area contributed by atoms with Crippen molar-refractivity contribution in [3.8, 4) is 5.75 Å². The average molecular weight is 550 g/mol. The van der Waals surface area contributed by atoms with Gasteiger partial charge in [-0.2, -0.15) is 0 Å². The third kappa shape index (κ3) is 5.92. The largest absolute Gasteiger partial charge is 0.484 e. The highest BCUT2D eigenvalue weighted by Crippen LogP contribution is 2.38. The van der Waals surface area contributed by atoms with Gasteiger partial charge in [-0.3, -0.25) is 14.5 Å². The number of thiocarbonyl (C=S) groups is 1. The topological polar surface area (TPSA) is 58.6 Å². The number of rotatable bonds is 6. The molecule has 0 atom stereocenters. The molecular weight excluding hydrogens is 535 g/mol. The summed E-state index contributed by atoms with van der Waals surface area (Å²) in [5, 5.41) is 3.97. The van der Waals surface area contributed by atoms with E-state index in [1.54, 1.807) is 66.7 Å². The van der Waals surface area contributed by atoms with Gasteiger partial charge in [0.2, 0.25) is 0 Å². The monoisotopic (exact) mass is 548 g/mol. The van der Waals surface area contributed by atoms with Crippen LogP contribution in [0.5, 0.6) is 5.75 Å². The Balaban J connectivity index is 1.43. The lowest BCUT2D eigenvalue weighted by atomic mass is 10.2. The van der Waals surface area contributed by atoms with Gasteiger partial charge < -0.3 is 10.1 Å². The van der Waals surface area contributed by atoms with Crippen molar-refractivity contribution in [1.82, 2.24) is 0 Å². The van der Waals surface area contributed by atoms with E-state index >= 15 is 0 Å². The first-order valence-electron chi connectivity index (χ1n) is 9.81. The van der Waals surface area contributed by atoms with Crippen LogP contribution in [0, 0.1) is 0 Å². The molecule has 0 spiro atoms. The molecule has 3 aromatic rings. The molecule has 10 heteroatoms. The molecule has 3 aromatic carbocycles. The van der Waals surface area contributed by atoms with Gasteiger partial charge >= 0.3 is 0 Å². The van der Waals surface area contributed by atoms with Crippen LogP contribution in [0.2, 0.25) is 15.1 Å². The van der Waals surface area contributed by atoms with Crippen LogP contribution in [0.1, 0.15) is 5.56 Å². The summed E-state index contributed by atoms with van der Waals surface area (Å²) < 4.78 is 6.00. The number of ether oxygens (including phenoxy) is 1. The fourth-order valence-electron chi connectivity index (χ4n) is 3.07. The molecule has 4 rings (SSSR count). The van der Waals surface area contributed by atoms with Crippen molar-refractivity contribution in [3.05, 3.63) is 92.3 Å². The van der Waals surface area contributed by atoms with Crippen LogP contribution in [0.25, 0.3) is 6.08 Å². The van der Waals surface area contributed by atoms with Crippen LogP contribution < -0.4 is 15.0 Å². The molecule has 1 fully saturated rings. The number of nitrogens with zero attached hydrogens (tertiary/aromatic N) is 1. The van der Waals surface area contributed by atoms with Gasteiger partial charge in [0.25, 0.3) is 11.8 Å². The number of hydrogen-bond acceptors (Lipinski definition) is 5. The molecule has 0 aliphatic carbocycles. The highest BCUT2D eigenvalue weighted by atomic mass is 35.5. The zero-order valence-electron chi connectivity index (χ0n) is 17.3. The van der Waals surface area contributed by atoms with E-state index in [9.17, 15) is 9.59 Å². The molecule has 0 bridgehead atoms. The minimum atomic E-state index is -0.324. The van der Waals surface area contributed by atoms with Crippen molar-refractivity contribution < 1.29 is 14.3 Å². The van der Waals surface area contributed by atoms with E-state index in [-0.39, 0.29) is 18.4 Å². The molecule has 0 unspecified atom stereocenters. The Morgan fingerprint density at radius 3 is 2.59 bits per heavy atom. The van der Waals surface area contributed by atoms with Crippen molar-refractivity contribution in [2.45, 2.75) is 0 Å². The number of amides is 2. The standard InChI is InChI=1S/C24H15Cl3N2O3S2/c25-15-4-2-5-16(11-15)28-22(30)13-32-18-6-1-3-14(9-18)10-21-23(31)29(24(33)34-21)17-7-8-19(26)20(27)12-17/h1-12H,13H2,(H,28,30)/b21-10-. The van der Waals surface area contributed by atoms with Gasteiger partial charge in [-0.25, -0.2) is 0 Å². The predicted molar refractivity (Wildman–Crippen MR) is 144 cm³/mol. The smallest absolute Gasteiger partial charge is 0.270 e. The van der Waals surface area contributed by atoms with Crippen molar-refractivity contribution in [2.24, 2.45) is 0 Å². The van der Waals surface area contributed by atoms with Crippen molar-refractivity contribution in [2.75, 3.05) is 16.8 Å². The van der Waals surface area contributed by atoms with E-state index in [4.69, 9.17) is 51.8 Å². The number of nitrogens with one attached hydrogen (secondary N) is 1. The summed E-state index contributed by atoms with van der Waals surface area (Å²) in [6.45, 7) is -0.185. The Labute approximate surface area is 220 Å². The maximum Gasteiger partial charge on any atom is 0.270 e. The predicted octanol–water partition coefficient (Wildman–Crippen LogP) is 7.07. The summed E-state index contributed by atoms with van der Waals surface area (Å²) in [6, 6.07) is 18.8. The first kappa shape index (κ1) is 24.6. The molecule has 34 heavy (non-hydrogen) atoms.